The van der Waals surface area contributed by atoms with E-state index >= 15 is 0 Å². The molecule has 31 heavy (non-hydrogen) atoms. The molecule has 1 aliphatic carbocycles. The molecule has 1 heterocycles. The highest BCUT2D eigenvalue weighted by Crippen LogP contribution is 2.39. The van der Waals surface area contributed by atoms with Crippen LogP contribution < -0.4 is 0 Å². The lowest BCUT2D eigenvalue weighted by Gasteiger charge is -2.40. The molecule has 2 aromatic rings. The minimum atomic E-state index is -1.05. The first-order valence-corrected chi connectivity index (χ1v) is 12.4. The zero-order valence-electron chi connectivity index (χ0n) is 18.5. The Morgan fingerprint density at radius 3 is 2.23 bits per heavy atom. The number of likely N-dealkylation sites (tertiary alicyclic amines) is 1. The van der Waals surface area contributed by atoms with Gasteiger partial charge in [-0.15, -0.1) is 0 Å². The number of hydrogen-bond donors (Lipinski definition) is 1. The highest BCUT2D eigenvalue weighted by molar-refractivity contribution is 6.31. The molecule has 1 unspecified atom stereocenters. The van der Waals surface area contributed by atoms with Crippen molar-refractivity contribution in [3.8, 4) is 11.8 Å². The lowest BCUT2D eigenvalue weighted by molar-refractivity contribution is -0.938. The number of nitrogens with zero attached hydrogens (tertiary/aromatic N) is 1. The van der Waals surface area contributed by atoms with Crippen molar-refractivity contribution in [3.05, 3.63) is 70.7 Å². The number of hydrogen-bond acceptors (Lipinski definition) is 1. The van der Waals surface area contributed by atoms with Gasteiger partial charge in [-0.25, -0.2) is 0 Å². The first-order valence-electron chi connectivity index (χ1n) is 12.0. The van der Waals surface area contributed by atoms with Gasteiger partial charge in [-0.3, -0.25) is 0 Å². The van der Waals surface area contributed by atoms with Crippen molar-refractivity contribution in [1.82, 2.24) is 0 Å². The monoisotopic (exact) mass is 436 g/mol. The summed E-state index contributed by atoms with van der Waals surface area (Å²) >= 11 is 6.51. The first-order chi connectivity index (χ1) is 15.1. The Morgan fingerprint density at radius 1 is 0.871 bits per heavy atom. The number of quaternary nitrogens is 1. The van der Waals surface area contributed by atoms with Crippen molar-refractivity contribution in [2.45, 2.75) is 63.5 Å². The van der Waals surface area contributed by atoms with Gasteiger partial charge in [-0.2, -0.15) is 0 Å². The molecule has 0 bridgehead atoms. The van der Waals surface area contributed by atoms with E-state index < -0.39 is 5.60 Å². The van der Waals surface area contributed by atoms with Crippen LogP contribution in [0, 0.1) is 17.8 Å². The zero-order valence-corrected chi connectivity index (χ0v) is 19.3. The first kappa shape index (κ1) is 22.4. The van der Waals surface area contributed by atoms with Gasteiger partial charge in [0.2, 0.25) is 0 Å². The van der Waals surface area contributed by atoms with Gasteiger partial charge >= 0.3 is 0 Å². The summed E-state index contributed by atoms with van der Waals surface area (Å²) in [6.07, 6.45) is 9.52. The molecule has 0 spiro atoms. The quantitative estimate of drug-likeness (QED) is 0.430. The number of aliphatic hydroxyl groups is 1. The molecule has 1 saturated carbocycles. The fraction of sp³-hybridized carbons (Fsp3) is 0.500. The van der Waals surface area contributed by atoms with Gasteiger partial charge in [-0.1, -0.05) is 85.3 Å². The fourth-order valence-electron chi connectivity index (χ4n) is 5.51. The summed E-state index contributed by atoms with van der Waals surface area (Å²) < 4.78 is 0.951. The summed E-state index contributed by atoms with van der Waals surface area (Å²) in [7, 11) is 0. The number of rotatable bonds is 5. The molecule has 0 amide bonds. The van der Waals surface area contributed by atoms with Gasteiger partial charge in [-0.05, 0) is 49.7 Å². The number of halogens is 1. The zero-order chi connectivity index (χ0) is 21.6. The molecule has 1 aliphatic heterocycles. The van der Waals surface area contributed by atoms with Crippen molar-refractivity contribution < 1.29 is 9.59 Å². The van der Waals surface area contributed by atoms with Gasteiger partial charge in [0.15, 0.2) is 5.60 Å². The molecule has 2 nitrogen and oxygen atoms in total. The molecule has 2 fully saturated rings. The molecular weight excluding hydrogens is 402 g/mol. The maximum atomic E-state index is 11.9. The average molecular weight is 437 g/mol. The van der Waals surface area contributed by atoms with Crippen molar-refractivity contribution in [2.75, 3.05) is 19.6 Å². The Kier molecular flexibility index (Phi) is 7.39. The molecule has 4 rings (SSSR count). The summed E-state index contributed by atoms with van der Waals surface area (Å²) in [4.78, 5) is 0. The molecule has 0 radical (unpaired) electrons. The van der Waals surface area contributed by atoms with Gasteiger partial charge in [0.1, 0.15) is 13.1 Å². The molecule has 3 heteroatoms. The van der Waals surface area contributed by atoms with E-state index in [2.05, 4.69) is 24.0 Å². The third-order valence-electron chi connectivity index (χ3n) is 7.33. The Bertz CT molecular complexity index is 903. The lowest BCUT2D eigenvalue weighted by Crippen LogP contribution is -2.51. The number of benzene rings is 2. The molecule has 2 aliphatic rings. The van der Waals surface area contributed by atoms with Crippen molar-refractivity contribution >= 4 is 11.6 Å². The predicted octanol–water partition coefficient (Wildman–Crippen LogP) is 6.31. The Balaban J connectivity index is 1.60. The van der Waals surface area contributed by atoms with Crippen LogP contribution in [-0.4, -0.2) is 29.2 Å². The van der Waals surface area contributed by atoms with Crippen LogP contribution in [0.15, 0.2) is 54.6 Å². The highest BCUT2D eigenvalue weighted by Gasteiger charge is 2.38. The van der Waals surface area contributed by atoms with Crippen LogP contribution in [0.4, 0.5) is 0 Å². The van der Waals surface area contributed by atoms with Crippen LogP contribution in [0.25, 0.3) is 0 Å². The van der Waals surface area contributed by atoms with Gasteiger partial charge < -0.3 is 9.59 Å². The Hall–Kier alpha value is -1.79. The van der Waals surface area contributed by atoms with Crippen LogP contribution in [0.1, 0.15) is 62.5 Å². The normalized spacial score (nSPS) is 21.0. The second-order valence-electron chi connectivity index (χ2n) is 9.53. The number of piperidine rings is 1. The second-order valence-corrected chi connectivity index (χ2v) is 9.93. The van der Waals surface area contributed by atoms with E-state index in [-0.39, 0.29) is 5.92 Å². The maximum absolute atomic E-state index is 11.9. The van der Waals surface area contributed by atoms with Crippen LogP contribution in [0.5, 0.6) is 0 Å². The summed E-state index contributed by atoms with van der Waals surface area (Å²) in [5.74, 6) is 7.13. The SMILES string of the molecule is OC(C#CC[N+]1(Cc2ccccc2Cl)CCCCC1)(c1ccccc1)C1CCCCC1. The molecule has 164 valence electrons. The third-order valence-corrected chi connectivity index (χ3v) is 7.70. The summed E-state index contributed by atoms with van der Waals surface area (Å²) in [6, 6.07) is 18.3. The van der Waals surface area contributed by atoms with Crippen molar-refractivity contribution in [2.24, 2.45) is 5.92 Å². The van der Waals surface area contributed by atoms with E-state index in [1.54, 1.807) is 0 Å². The Morgan fingerprint density at radius 2 is 1.52 bits per heavy atom. The molecule has 2 aromatic carbocycles. The second kappa shape index (κ2) is 10.2. The van der Waals surface area contributed by atoms with Crippen LogP contribution in [0.3, 0.4) is 0 Å². The molecule has 1 atom stereocenters. The summed E-state index contributed by atoms with van der Waals surface area (Å²) in [5.41, 5.74) is 1.11. The minimum absolute atomic E-state index is 0.217. The fourth-order valence-corrected chi connectivity index (χ4v) is 5.70. The standard InChI is InChI=1S/C28H35ClNO/c29-27-18-9-8-13-24(27)23-30(20-10-3-11-21-30)22-12-19-28(31,25-14-4-1-5-15-25)26-16-6-2-7-17-26/h1,4-5,8-9,13-15,18,26,31H,2-3,6-7,10-11,16-17,20-23H2/q+1. The minimum Gasteiger partial charge on any atom is -0.373 e. The van der Waals surface area contributed by atoms with E-state index in [9.17, 15) is 5.11 Å². The van der Waals surface area contributed by atoms with Gasteiger partial charge in [0.25, 0.3) is 0 Å². The van der Waals surface area contributed by atoms with Crippen LogP contribution in [-0.2, 0) is 12.1 Å². The van der Waals surface area contributed by atoms with Gasteiger partial charge in [0, 0.05) is 16.5 Å². The average Bonchev–Trinajstić information content (AvgIpc) is 2.82. The topological polar surface area (TPSA) is 20.2 Å². The summed E-state index contributed by atoms with van der Waals surface area (Å²) in [5, 5.41) is 12.7. The highest BCUT2D eigenvalue weighted by atomic mass is 35.5. The van der Waals surface area contributed by atoms with Crippen LogP contribution >= 0.6 is 11.6 Å². The van der Waals surface area contributed by atoms with E-state index in [0.717, 1.165) is 54.1 Å². The summed E-state index contributed by atoms with van der Waals surface area (Å²) in [6.45, 7) is 3.95. The maximum Gasteiger partial charge on any atom is 0.153 e. The van der Waals surface area contributed by atoms with E-state index in [1.165, 1.54) is 44.1 Å². The van der Waals surface area contributed by atoms with Crippen molar-refractivity contribution in [1.29, 1.82) is 0 Å². The third kappa shape index (κ3) is 5.35. The Labute approximate surface area is 192 Å². The molecular formula is C28H35ClNO+. The van der Waals surface area contributed by atoms with E-state index in [0.29, 0.717) is 0 Å². The largest absolute Gasteiger partial charge is 0.373 e. The van der Waals surface area contributed by atoms with E-state index in [1.807, 2.05) is 42.5 Å². The molecule has 1 N–H and O–H groups in total. The smallest absolute Gasteiger partial charge is 0.153 e. The molecule has 1 saturated heterocycles. The van der Waals surface area contributed by atoms with Crippen LogP contribution in [0.2, 0.25) is 5.02 Å². The lowest BCUT2D eigenvalue weighted by atomic mass is 9.73. The van der Waals surface area contributed by atoms with Gasteiger partial charge in [0.05, 0.1) is 13.1 Å². The molecule has 0 aromatic heterocycles. The van der Waals surface area contributed by atoms with E-state index in [4.69, 9.17) is 11.6 Å². The van der Waals surface area contributed by atoms with Crippen molar-refractivity contribution in [3.63, 3.8) is 0 Å². The predicted molar refractivity (Wildman–Crippen MR) is 129 cm³/mol.